The van der Waals surface area contributed by atoms with E-state index in [1.165, 1.54) is 20.4 Å². The fourth-order valence-corrected chi connectivity index (χ4v) is 2.74. The van der Waals surface area contributed by atoms with E-state index in [0.29, 0.717) is 5.82 Å². The molecule has 2 rings (SSSR count). The molecular weight excluding hydrogens is 301 g/mol. The fourth-order valence-electron chi connectivity index (χ4n) is 1.68. The van der Waals surface area contributed by atoms with Gasteiger partial charge < -0.3 is 14.5 Å². The molecule has 1 aromatic carbocycles. The molecule has 0 aliphatic carbocycles. The second kappa shape index (κ2) is 6.10. The van der Waals surface area contributed by atoms with Gasteiger partial charge in [0.15, 0.2) is 11.5 Å². The Hall–Kier alpha value is -2.13. The Bertz CT molecular complexity index is 716. The van der Waals surface area contributed by atoms with Gasteiger partial charge in [-0.2, -0.15) is 0 Å². The van der Waals surface area contributed by atoms with Gasteiger partial charge >= 0.3 is 0 Å². The van der Waals surface area contributed by atoms with Gasteiger partial charge in [-0.3, -0.25) is 0 Å². The number of nitrogens with zero attached hydrogens (tertiary/aromatic N) is 1. The van der Waals surface area contributed by atoms with Crippen LogP contribution in [0.25, 0.3) is 0 Å². The second-order valence-corrected chi connectivity index (χ2v) is 5.73. The van der Waals surface area contributed by atoms with Crippen LogP contribution in [0.3, 0.4) is 0 Å². The zero-order valence-corrected chi connectivity index (χ0v) is 12.2. The minimum absolute atomic E-state index is 0.0802. The normalized spacial score (nSPS) is 11.4. The number of H-pyrrole nitrogens is 1. The molecule has 0 spiro atoms. The van der Waals surface area contributed by atoms with Gasteiger partial charge in [0, 0.05) is 24.5 Å². The van der Waals surface area contributed by atoms with Gasteiger partial charge in [0.1, 0.15) is 16.5 Å². The SMILES string of the molecule is COc1cc(F)c(S(=O)(=O)NCc2ncc[nH]2)cc1OC. The summed E-state index contributed by atoms with van der Waals surface area (Å²) in [6.07, 6.45) is 3.04. The number of aromatic nitrogens is 2. The largest absolute Gasteiger partial charge is 0.493 e. The Labute approximate surface area is 121 Å². The molecule has 0 atom stereocenters. The maximum Gasteiger partial charge on any atom is 0.244 e. The third kappa shape index (κ3) is 3.31. The molecule has 0 radical (unpaired) electrons. The van der Waals surface area contributed by atoms with Crippen LogP contribution in [0.5, 0.6) is 11.5 Å². The van der Waals surface area contributed by atoms with Gasteiger partial charge in [-0.1, -0.05) is 0 Å². The second-order valence-electron chi connectivity index (χ2n) is 4.00. The molecule has 1 aromatic heterocycles. The van der Waals surface area contributed by atoms with Crippen molar-refractivity contribution in [3.05, 3.63) is 36.2 Å². The maximum atomic E-state index is 13.9. The minimum atomic E-state index is -4.05. The molecular formula is C12H14FN3O4S. The predicted molar refractivity (Wildman–Crippen MR) is 72.1 cm³/mol. The van der Waals surface area contributed by atoms with E-state index in [4.69, 9.17) is 9.47 Å². The van der Waals surface area contributed by atoms with E-state index in [9.17, 15) is 12.8 Å². The molecule has 0 amide bonds. The van der Waals surface area contributed by atoms with Crippen molar-refractivity contribution in [3.63, 3.8) is 0 Å². The zero-order valence-electron chi connectivity index (χ0n) is 11.4. The summed E-state index contributed by atoms with van der Waals surface area (Å²) in [6.45, 7) is -0.0802. The van der Waals surface area contributed by atoms with Crippen LogP contribution in [0.4, 0.5) is 4.39 Å². The van der Waals surface area contributed by atoms with E-state index in [1.54, 1.807) is 6.20 Å². The standard InChI is InChI=1S/C12H14FN3O4S/c1-19-9-5-8(13)11(6-10(9)20-2)21(17,18)16-7-12-14-3-4-15-12/h3-6,16H,7H2,1-2H3,(H,14,15). The van der Waals surface area contributed by atoms with Crippen molar-refractivity contribution in [1.82, 2.24) is 14.7 Å². The average Bonchev–Trinajstić information content (AvgIpc) is 2.98. The van der Waals surface area contributed by atoms with Crippen LogP contribution in [-0.2, 0) is 16.6 Å². The summed E-state index contributed by atoms with van der Waals surface area (Å²) < 4.78 is 50.3. The molecule has 9 heteroatoms. The Balaban J connectivity index is 2.31. The van der Waals surface area contributed by atoms with Crippen LogP contribution in [0.15, 0.2) is 29.4 Å². The highest BCUT2D eigenvalue weighted by Gasteiger charge is 2.22. The number of sulfonamides is 1. The van der Waals surface area contributed by atoms with Crippen LogP contribution in [0, 0.1) is 5.82 Å². The van der Waals surface area contributed by atoms with Crippen LogP contribution in [-0.4, -0.2) is 32.6 Å². The van der Waals surface area contributed by atoms with E-state index in [2.05, 4.69) is 14.7 Å². The maximum absolute atomic E-state index is 13.9. The van der Waals surface area contributed by atoms with Crippen molar-refractivity contribution in [2.75, 3.05) is 14.2 Å². The van der Waals surface area contributed by atoms with E-state index >= 15 is 0 Å². The Morgan fingerprint density at radius 2 is 1.95 bits per heavy atom. The molecule has 0 aliphatic rings. The molecule has 0 saturated heterocycles. The summed E-state index contributed by atoms with van der Waals surface area (Å²) >= 11 is 0. The van der Waals surface area contributed by atoms with E-state index in [0.717, 1.165) is 12.1 Å². The first-order valence-electron chi connectivity index (χ1n) is 5.87. The highest BCUT2D eigenvalue weighted by Crippen LogP contribution is 2.31. The van der Waals surface area contributed by atoms with Crippen molar-refractivity contribution >= 4 is 10.0 Å². The topological polar surface area (TPSA) is 93.3 Å². The van der Waals surface area contributed by atoms with Crippen molar-refractivity contribution in [2.24, 2.45) is 0 Å². The summed E-state index contributed by atoms with van der Waals surface area (Å²) in [6, 6.07) is 2.03. The smallest absolute Gasteiger partial charge is 0.244 e. The van der Waals surface area contributed by atoms with Crippen LogP contribution in [0.1, 0.15) is 5.82 Å². The molecule has 2 N–H and O–H groups in total. The fraction of sp³-hybridized carbons (Fsp3) is 0.250. The van der Waals surface area contributed by atoms with E-state index < -0.39 is 20.7 Å². The van der Waals surface area contributed by atoms with Crippen LogP contribution in [0.2, 0.25) is 0 Å². The number of benzene rings is 1. The minimum Gasteiger partial charge on any atom is -0.493 e. The number of aromatic amines is 1. The molecule has 0 unspecified atom stereocenters. The van der Waals surface area contributed by atoms with Gasteiger partial charge in [0.2, 0.25) is 10.0 Å². The Morgan fingerprint density at radius 3 is 2.52 bits per heavy atom. The summed E-state index contributed by atoms with van der Waals surface area (Å²) in [5, 5.41) is 0. The lowest BCUT2D eigenvalue weighted by Gasteiger charge is -2.11. The quantitative estimate of drug-likeness (QED) is 0.831. The molecule has 0 aliphatic heterocycles. The molecule has 114 valence electrons. The predicted octanol–water partition coefficient (Wildman–Crippen LogP) is 1.04. The Morgan fingerprint density at radius 1 is 1.29 bits per heavy atom. The number of imidazole rings is 1. The number of ether oxygens (including phenoxy) is 2. The summed E-state index contributed by atoms with van der Waals surface area (Å²) in [5.41, 5.74) is 0. The average molecular weight is 315 g/mol. The Kier molecular flexibility index (Phi) is 4.43. The van der Waals surface area contributed by atoms with Gasteiger partial charge in [-0.25, -0.2) is 22.5 Å². The number of rotatable bonds is 6. The summed E-state index contributed by atoms with van der Waals surface area (Å²) in [5.74, 6) is -0.281. The highest BCUT2D eigenvalue weighted by molar-refractivity contribution is 7.89. The number of halogens is 1. The summed E-state index contributed by atoms with van der Waals surface area (Å²) in [7, 11) is -1.38. The lowest BCUT2D eigenvalue weighted by molar-refractivity contribution is 0.350. The van der Waals surface area contributed by atoms with Crippen LogP contribution >= 0.6 is 0 Å². The molecule has 1 heterocycles. The third-order valence-corrected chi connectivity index (χ3v) is 4.13. The third-order valence-electron chi connectivity index (χ3n) is 2.71. The van der Waals surface area contributed by atoms with Crippen molar-refractivity contribution < 1.29 is 22.3 Å². The highest BCUT2D eigenvalue weighted by atomic mass is 32.2. The summed E-state index contributed by atoms with van der Waals surface area (Å²) in [4.78, 5) is 6.09. The molecule has 21 heavy (non-hydrogen) atoms. The van der Waals surface area contributed by atoms with Crippen molar-refractivity contribution in [3.8, 4) is 11.5 Å². The molecule has 0 saturated carbocycles. The van der Waals surface area contributed by atoms with Gasteiger partial charge in [0.25, 0.3) is 0 Å². The first-order valence-corrected chi connectivity index (χ1v) is 7.35. The van der Waals surface area contributed by atoms with Crippen molar-refractivity contribution in [1.29, 1.82) is 0 Å². The number of hydrogen-bond donors (Lipinski definition) is 2. The molecule has 0 fully saturated rings. The lowest BCUT2D eigenvalue weighted by atomic mass is 10.3. The van der Waals surface area contributed by atoms with Gasteiger partial charge in [-0.15, -0.1) is 0 Å². The van der Waals surface area contributed by atoms with Crippen molar-refractivity contribution in [2.45, 2.75) is 11.4 Å². The van der Waals surface area contributed by atoms with E-state index in [1.807, 2.05) is 0 Å². The molecule has 7 nitrogen and oxygen atoms in total. The lowest BCUT2D eigenvalue weighted by Crippen LogP contribution is -2.24. The number of nitrogens with one attached hydrogen (secondary N) is 2. The zero-order chi connectivity index (χ0) is 15.5. The first-order chi connectivity index (χ1) is 9.97. The van der Waals surface area contributed by atoms with E-state index in [-0.39, 0.29) is 18.0 Å². The monoisotopic (exact) mass is 315 g/mol. The van der Waals surface area contributed by atoms with Crippen LogP contribution < -0.4 is 14.2 Å². The molecule has 2 aromatic rings. The number of hydrogen-bond acceptors (Lipinski definition) is 5. The number of methoxy groups -OCH3 is 2. The first kappa shape index (κ1) is 15.3. The molecule has 0 bridgehead atoms. The van der Waals surface area contributed by atoms with Gasteiger partial charge in [-0.05, 0) is 0 Å². The van der Waals surface area contributed by atoms with Gasteiger partial charge in [0.05, 0.1) is 20.8 Å².